The van der Waals surface area contributed by atoms with Crippen molar-refractivity contribution in [2.45, 2.75) is 19.3 Å². The summed E-state index contributed by atoms with van der Waals surface area (Å²) < 4.78 is 2.16. The van der Waals surface area contributed by atoms with Gasteiger partial charge in [-0.1, -0.05) is 35.8 Å². The molecule has 86 valence electrons. The number of fused-ring (bicyclic) bond motifs is 3. The zero-order valence-electron chi connectivity index (χ0n) is 9.59. The van der Waals surface area contributed by atoms with Crippen molar-refractivity contribution in [1.29, 1.82) is 0 Å². The van der Waals surface area contributed by atoms with Gasteiger partial charge in [0.15, 0.2) is 0 Å². The van der Waals surface area contributed by atoms with Crippen LogP contribution < -0.4 is 0 Å². The molecule has 0 radical (unpaired) electrons. The highest BCUT2D eigenvalue weighted by Crippen LogP contribution is 2.48. The van der Waals surface area contributed by atoms with E-state index in [9.17, 15) is 0 Å². The smallest absolute Gasteiger partial charge is 0.0746 e. The number of nitrogens with zero attached hydrogens (tertiary/aromatic N) is 1. The van der Waals surface area contributed by atoms with Gasteiger partial charge in [0, 0.05) is 26.1 Å². The van der Waals surface area contributed by atoms with Crippen molar-refractivity contribution in [3.63, 3.8) is 0 Å². The normalized spacial score (nSPS) is 15.5. The molecule has 2 aromatic rings. The van der Waals surface area contributed by atoms with Crippen LogP contribution in [0.15, 0.2) is 39.4 Å². The second-order valence-corrected chi connectivity index (χ2v) is 6.70. The lowest BCUT2D eigenvalue weighted by atomic mass is 9.83. The summed E-state index contributed by atoms with van der Waals surface area (Å²) in [5.41, 5.74) is 5.01. The van der Waals surface area contributed by atoms with Gasteiger partial charge < -0.3 is 0 Å². The summed E-state index contributed by atoms with van der Waals surface area (Å²) in [6.07, 6.45) is 1.87. The van der Waals surface area contributed by atoms with Crippen LogP contribution in [0, 0.1) is 0 Å². The fourth-order valence-electron chi connectivity index (χ4n) is 2.52. The number of hydrogen-bond donors (Lipinski definition) is 0. The summed E-state index contributed by atoms with van der Waals surface area (Å²) >= 11 is 7.05. The SMILES string of the molecule is CC1(C)c2cc(Br)ccc2-c2ncc(Br)cc21. The first kappa shape index (κ1) is 11.4. The largest absolute Gasteiger partial charge is 0.255 e. The van der Waals surface area contributed by atoms with E-state index >= 15 is 0 Å². The molecule has 1 aromatic heterocycles. The lowest BCUT2D eigenvalue weighted by Crippen LogP contribution is -2.15. The van der Waals surface area contributed by atoms with Gasteiger partial charge >= 0.3 is 0 Å². The van der Waals surface area contributed by atoms with E-state index in [2.05, 4.69) is 75.0 Å². The molecule has 0 amide bonds. The number of hydrogen-bond acceptors (Lipinski definition) is 1. The molecule has 1 heterocycles. The zero-order valence-corrected chi connectivity index (χ0v) is 12.8. The fraction of sp³-hybridized carbons (Fsp3) is 0.214. The Morgan fingerprint density at radius 3 is 2.47 bits per heavy atom. The van der Waals surface area contributed by atoms with E-state index < -0.39 is 0 Å². The van der Waals surface area contributed by atoms with Crippen LogP contribution in [0.3, 0.4) is 0 Å². The van der Waals surface area contributed by atoms with Gasteiger partial charge in [0.05, 0.1) is 5.69 Å². The third-order valence-electron chi connectivity index (χ3n) is 3.44. The Balaban J connectivity index is 2.37. The Kier molecular flexibility index (Phi) is 2.46. The van der Waals surface area contributed by atoms with Crippen LogP contribution in [-0.4, -0.2) is 4.98 Å². The maximum absolute atomic E-state index is 4.56. The predicted octanol–water partition coefficient (Wildman–Crippen LogP) is 4.91. The maximum atomic E-state index is 4.56. The maximum Gasteiger partial charge on any atom is 0.0746 e. The van der Waals surface area contributed by atoms with Crippen molar-refractivity contribution in [2.24, 2.45) is 0 Å². The molecule has 0 N–H and O–H groups in total. The van der Waals surface area contributed by atoms with Gasteiger partial charge in [-0.15, -0.1) is 0 Å². The molecule has 0 spiro atoms. The van der Waals surface area contributed by atoms with Gasteiger partial charge in [0.1, 0.15) is 0 Å². The highest BCUT2D eigenvalue weighted by atomic mass is 79.9. The number of aromatic nitrogens is 1. The van der Waals surface area contributed by atoms with Crippen molar-refractivity contribution in [2.75, 3.05) is 0 Å². The van der Waals surface area contributed by atoms with E-state index in [1.165, 1.54) is 16.7 Å². The summed E-state index contributed by atoms with van der Waals surface area (Å²) in [4.78, 5) is 4.56. The second-order valence-electron chi connectivity index (χ2n) is 4.86. The number of benzene rings is 1. The number of rotatable bonds is 0. The molecule has 0 atom stereocenters. The summed E-state index contributed by atoms with van der Waals surface area (Å²) in [5.74, 6) is 0. The first-order chi connectivity index (χ1) is 8.00. The molecule has 17 heavy (non-hydrogen) atoms. The van der Waals surface area contributed by atoms with Gasteiger partial charge in [-0.3, -0.25) is 4.98 Å². The quantitative estimate of drug-likeness (QED) is 0.656. The van der Waals surface area contributed by atoms with Crippen LogP contribution in [-0.2, 0) is 5.41 Å². The third kappa shape index (κ3) is 1.59. The highest BCUT2D eigenvalue weighted by Gasteiger charge is 2.36. The Hall–Kier alpha value is -0.670. The highest BCUT2D eigenvalue weighted by molar-refractivity contribution is 9.10. The lowest BCUT2D eigenvalue weighted by Gasteiger charge is -2.21. The minimum Gasteiger partial charge on any atom is -0.255 e. The summed E-state index contributed by atoms with van der Waals surface area (Å²) in [5, 5.41) is 0. The van der Waals surface area contributed by atoms with Crippen molar-refractivity contribution < 1.29 is 0 Å². The minimum absolute atomic E-state index is 0.0191. The average Bonchev–Trinajstić information content (AvgIpc) is 2.49. The van der Waals surface area contributed by atoms with Crippen LogP contribution in [0.5, 0.6) is 0 Å². The molecule has 1 aliphatic carbocycles. The van der Waals surface area contributed by atoms with E-state index in [1.54, 1.807) is 0 Å². The summed E-state index contributed by atoms with van der Waals surface area (Å²) in [6, 6.07) is 8.60. The van der Waals surface area contributed by atoms with Crippen molar-refractivity contribution in [3.8, 4) is 11.3 Å². The molecule has 0 unspecified atom stereocenters. The summed E-state index contributed by atoms with van der Waals surface area (Å²) in [6.45, 7) is 4.50. The Morgan fingerprint density at radius 1 is 1.00 bits per heavy atom. The van der Waals surface area contributed by atoms with Crippen molar-refractivity contribution >= 4 is 31.9 Å². The van der Waals surface area contributed by atoms with Crippen LogP contribution in [0.1, 0.15) is 25.0 Å². The van der Waals surface area contributed by atoms with Crippen LogP contribution in [0.25, 0.3) is 11.3 Å². The van der Waals surface area contributed by atoms with Gasteiger partial charge in [-0.25, -0.2) is 0 Å². The molecular formula is C14H11Br2N. The van der Waals surface area contributed by atoms with Crippen LogP contribution in [0.4, 0.5) is 0 Å². The standard InChI is InChI=1S/C14H11Br2N/c1-14(2)11-5-8(15)3-4-10(11)13-12(14)6-9(16)7-17-13/h3-7H,1-2H3. The molecule has 1 aromatic carbocycles. The monoisotopic (exact) mass is 351 g/mol. The first-order valence-corrected chi connectivity index (χ1v) is 7.05. The molecule has 0 aliphatic heterocycles. The predicted molar refractivity (Wildman–Crippen MR) is 77.2 cm³/mol. The molecule has 3 heteroatoms. The Labute approximate surface area is 118 Å². The zero-order chi connectivity index (χ0) is 12.2. The molecule has 0 saturated carbocycles. The van der Waals surface area contributed by atoms with E-state index in [0.29, 0.717) is 0 Å². The molecular weight excluding hydrogens is 342 g/mol. The molecule has 0 fully saturated rings. The Morgan fingerprint density at radius 2 is 1.71 bits per heavy atom. The molecule has 1 nitrogen and oxygen atoms in total. The van der Waals surface area contributed by atoms with Gasteiger partial charge in [0.25, 0.3) is 0 Å². The summed E-state index contributed by atoms with van der Waals surface area (Å²) in [7, 11) is 0. The van der Waals surface area contributed by atoms with Crippen molar-refractivity contribution in [1.82, 2.24) is 4.98 Å². The fourth-order valence-corrected chi connectivity index (χ4v) is 3.21. The van der Waals surface area contributed by atoms with Gasteiger partial charge in [-0.2, -0.15) is 0 Å². The van der Waals surface area contributed by atoms with Crippen LogP contribution >= 0.6 is 31.9 Å². The Bertz CT molecular complexity index is 564. The number of pyridine rings is 1. The third-order valence-corrected chi connectivity index (χ3v) is 4.36. The first-order valence-electron chi connectivity index (χ1n) is 5.46. The molecule has 3 rings (SSSR count). The second kappa shape index (κ2) is 3.66. The molecule has 1 aliphatic rings. The van der Waals surface area contributed by atoms with Crippen LogP contribution in [0.2, 0.25) is 0 Å². The van der Waals surface area contributed by atoms with Gasteiger partial charge in [-0.05, 0) is 45.3 Å². The van der Waals surface area contributed by atoms with Gasteiger partial charge in [0.2, 0.25) is 0 Å². The van der Waals surface area contributed by atoms with E-state index in [1.807, 2.05) is 6.20 Å². The molecule has 0 bridgehead atoms. The van der Waals surface area contributed by atoms with E-state index in [-0.39, 0.29) is 5.41 Å². The average molecular weight is 353 g/mol. The van der Waals surface area contributed by atoms with Crippen molar-refractivity contribution in [3.05, 3.63) is 50.5 Å². The minimum atomic E-state index is 0.0191. The lowest BCUT2D eigenvalue weighted by molar-refractivity contribution is 0.658. The van der Waals surface area contributed by atoms with E-state index in [4.69, 9.17) is 0 Å². The number of halogens is 2. The molecule has 0 saturated heterocycles. The van der Waals surface area contributed by atoms with E-state index in [0.717, 1.165) is 14.6 Å². The topological polar surface area (TPSA) is 12.9 Å².